The monoisotopic (exact) mass is 371 g/mol. The average molecular weight is 372 g/mol. The first kappa shape index (κ1) is 24.6. The minimum Gasteiger partial charge on any atom is -0.462 e. The smallest absolute Gasteiger partial charge is 0.323 e. The average Bonchev–Trinajstić information content (AvgIpc) is 2.57. The molecule has 0 rings (SSSR count). The quantitative estimate of drug-likeness (QED) is 0.265. The van der Waals surface area contributed by atoms with Crippen molar-refractivity contribution in [3.63, 3.8) is 0 Å². The molecule has 0 aromatic carbocycles. The van der Waals surface area contributed by atoms with Gasteiger partial charge in [0.15, 0.2) is 0 Å². The maximum absolute atomic E-state index is 11.6. The molecule has 0 aliphatic carbocycles. The number of unbranched alkanes of at least 4 members (excludes halogenated alkanes) is 8. The summed E-state index contributed by atoms with van der Waals surface area (Å²) in [6, 6.07) is -0.877. The molecular formula is C20H37NO5. The van der Waals surface area contributed by atoms with Crippen LogP contribution in [-0.2, 0) is 23.9 Å². The number of carbonyl (C=O) groups excluding carboxylic acids is 3. The summed E-state index contributed by atoms with van der Waals surface area (Å²) in [4.78, 5) is 34.8. The largest absolute Gasteiger partial charge is 0.462 e. The molecule has 1 atom stereocenters. The van der Waals surface area contributed by atoms with Gasteiger partial charge in [-0.2, -0.15) is 0 Å². The predicted octanol–water partition coefficient (Wildman–Crippen LogP) is 4.04. The van der Waals surface area contributed by atoms with E-state index in [9.17, 15) is 14.4 Å². The third kappa shape index (κ3) is 14.9. The Kier molecular flexibility index (Phi) is 14.9. The maximum atomic E-state index is 11.6. The van der Waals surface area contributed by atoms with E-state index in [-0.39, 0.29) is 25.4 Å². The fourth-order valence-corrected chi connectivity index (χ4v) is 2.52. The highest BCUT2D eigenvalue weighted by atomic mass is 16.6. The summed E-state index contributed by atoms with van der Waals surface area (Å²) < 4.78 is 9.70. The molecule has 0 saturated heterocycles. The second-order valence-corrected chi connectivity index (χ2v) is 7.06. The van der Waals surface area contributed by atoms with Crippen LogP contribution in [0.3, 0.4) is 0 Å². The Morgan fingerprint density at radius 1 is 0.808 bits per heavy atom. The molecule has 0 aromatic heterocycles. The van der Waals surface area contributed by atoms with Crippen molar-refractivity contribution in [1.82, 2.24) is 0 Å². The van der Waals surface area contributed by atoms with E-state index in [1.54, 1.807) is 13.8 Å². The molecule has 0 saturated carbocycles. The number of ether oxygens (including phenoxy) is 2. The highest BCUT2D eigenvalue weighted by molar-refractivity contribution is 5.85. The zero-order valence-corrected chi connectivity index (χ0v) is 16.8. The van der Waals surface area contributed by atoms with Crippen LogP contribution in [0.2, 0.25) is 0 Å². The Bertz CT molecular complexity index is 409. The lowest BCUT2D eigenvalue weighted by molar-refractivity contribution is -0.159. The van der Waals surface area contributed by atoms with E-state index in [0.29, 0.717) is 0 Å². The van der Waals surface area contributed by atoms with Crippen LogP contribution >= 0.6 is 0 Å². The molecule has 0 radical (unpaired) electrons. The number of nitrogens with two attached hydrogens (primary N) is 1. The van der Waals surface area contributed by atoms with Crippen LogP contribution in [0.1, 0.15) is 97.8 Å². The maximum Gasteiger partial charge on any atom is 0.323 e. The molecule has 0 spiro atoms. The van der Waals surface area contributed by atoms with Crippen molar-refractivity contribution >= 4 is 17.9 Å². The minimum absolute atomic E-state index is 0.0716. The van der Waals surface area contributed by atoms with E-state index < -0.39 is 23.9 Å². The molecule has 0 aliphatic rings. The van der Waals surface area contributed by atoms with Crippen LogP contribution in [0.4, 0.5) is 0 Å². The lowest BCUT2D eigenvalue weighted by atomic mass is 10.1. The van der Waals surface area contributed by atoms with Crippen molar-refractivity contribution < 1.29 is 23.9 Å². The summed E-state index contributed by atoms with van der Waals surface area (Å²) in [5.41, 5.74) is 5.64. The van der Waals surface area contributed by atoms with Crippen LogP contribution in [0.5, 0.6) is 0 Å². The van der Waals surface area contributed by atoms with Crippen LogP contribution in [0.15, 0.2) is 0 Å². The molecule has 2 N–H and O–H groups in total. The number of esters is 3. The van der Waals surface area contributed by atoms with Crippen LogP contribution in [0.25, 0.3) is 0 Å². The second kappa shape index (κ2) is 15.8. The normalized spacial score (nSPS) is 12.0. The first-order valence-electron chi connectivity index (χ1n) is 10.1. The summed E-state index contributed by atoms with van der Waals surface area (Å²) >= 11 is 0. The van der Waals surface area contributed by atoms with Crippen LogP contribution in [-0.4, -0.2) is 30.1 Å². The molecule has 0 amide bonds. The van der Waals surface area contributed by atoms with Crippen molar-refractivity contribution in [3.05, 3.63) is 0 Å². The third-order valence-corrected chi connectivity index (χ3v) is 4.03. The Morgan fingerprint density at radius 3 is 1.85 bits per heavy atom. The van der Waals surface area contributed by atoms with Gasteiger partial charge in [0.1, 0.15) is 6.04 Å². The van der Waals surface area contributed by atoms with Gasteiger partial charge in [-0.05, 0) is 26.7 Å². The Labute approximate surface area is 158 Å². The fourth-order valence-electron chi connectivity index (χ4n) is 2.52. The van der Waals surface area contributed by atoms with E-state index >= 15 is 0 Å². The van der Waals surface area contributed by atoms with Gasteiger partial charge >= 0.3 is 17.9 Å². The number of hydrogen-bond acceptors (Lipinski definition) is 6. The SMILES string of the molecule is CCCCCCCCCCCC(=O)OC(=O)CCC(N)C(=O)OC(C)C. The molecule has 152 valence electrons. The van der Waals surface area contributed by atoms with Gasteiger partial charge in [-0.25, -0.2) is 0 Å². The second-order valence-electron chi connectivity index (χ2n) is 7.06. The van der Waals surface area contributed by atoms with Gasteiger partial charge in [0.25, 0.3) is 0 Å². The molecule has 26 heavy (non-hydrogen) atoms. The van der Waals surface area contributed by atoms with Gasteiger partial charge < -0.3 is 15.2 Å². The highest BCUT2D eigenvalue weighted by Gasteiger charge is 2.19. The van der Waals surface area contributed by atoms with Gasteiger partial charge in [-0.1, -0.05) is 58.3 Å². The molecule has 0 aromatic rings. The van der Waals surface area contributed by atoms with E-state index in [0.717, 1.165) is 19.3 Å². The van der Waals surface area contributed by atoms with Crippen molar-refractivity contribution in [3.8, 4) is 0 Å². The molecule has 0 bridgehead atoms. The molecule has 0 aliphatic heterocycles. The first-order chi connectivity index (χ1) is 12.4. The van der Waals surface area contributed by atoms with Crippen LogP contribution < -0.4 is 5.73 Å². The molecule has 0 heterocycles. The van der Waals surface area contributed by atoms with E-state index in [1.807, 2.05) is 0 Å². The zero-order valence-electron chi connectivity index (χ0n) is 16.8. The van der Waals surface area contributed by atoms with Crippen LogP contribution in [0, 0.1) is 0 Å². The molecule has 6 heteroatoms. The lowest BCUT2D eigenvalue weighted by Gasteiger charge is -2.13. The minimum atomic E-state index is -0.877. The van der Waals surface area contributed by atoms with Gasteiger partial charge in [-0.3, -0.25) is 14.4 Å². The van der Waals surface area contributed by atoms with Gasteiger partial charge in [0, 0.05) is 12.8 Å². The summed E-state index contributed by atoms with van der Waals surface area (Å²) in [6.45, 7) is 5.66. The van der Waals surface area contributed by atoms with E-state index in [1.165, 1.54) is 38.5 Å². The summed E-state index contributed by atoms with van der Waals surface area (Å²) in [7, 11) is 0. The summed E-state index contributed by atoms with van der Waals surface area (Å²) in [5, 5.41) is 0. The number of carbonyl (C=O) groups is 3. The Morgan fingerprint density at radius 2 is 1.31 bits per heavy atom. The summed E-state index contributed by atoms with van der Waals surface area (Å²) in [5.74, 6) is -1.69. The first-order valence-corrected chi connectivity index (χ1v) is 10.1. The molecule has 1 unspecified atom stereocenters. The van der Waals surface area contributed by atoms with Gasteiger partial charge in [-0.15, -0.1) is 0 Å². The Hall–Kier alpha value is -1.43. The lowest BCUT2D eigenvalue weighted by Crippen LogP contribution is -2.34. The van der Waals surface area contributed by atoms with Crippen molar-refractivity contribution in [2.45, 2.75) is 110 Å². The fraction of sp³-hybridized carbons (Fsp3) is 0.850. The topological polar surface area (TPSA) is 95.7 Å². The van der Waals surface area contributed by atoms with E-state index in [2.05, 4.69) is 6.92 Å². The standard InChI is InChI=1S/C20H37NO5/c1-4-5-6-7-8-9-10-11-12-13-18(22)26-19(23)15-14-17(21)20(24)25-16(2)3/h16-17H,4-15,21H2,1-3H3. The molecular weight excluding hydrogens is 334 g/mol. The summed E-state index contributed by atoms with van der Waals surface area (Å²) in [6.07, 6.45) is 10.5. The third-order valence-electron chi connectivity index (χ3n) is 4.03. The van der Waals surface area contributed by atoms with Gasteiger partial charge in [0.2, 0.25) is 0 Å². The van der Waals surface area contributed by atoms with Crippen molar-refractivity contribution in [2.24, 2.45) is 5.73 Å². The predicted molar refractivity (Wildman–Crippen MR) is 101 cm³/mol. The highest BCUT2D eigenvalue weighted by Crippen LogP contribution is 2.11. The van der Waals surface area contributed by atoms with Crippen molar-refractivity contribution in [2.75, 3.05) is 0 Å². The molecule has 6 nitrogen and oxygen atoms in total. The van der Waals surface area contributed by atoms with Gasteiger partial charge in [0.05, 0.1) is 6.10 Å². The van der Waals surface area contributed by atoms with E-state index in [4.69, 9.17) is 15.2 Å². The number of rotatable bonds is 15. The number of hydrogen-bond donors (Lipinski definition) is 1. The van der Waals surface area contributed by atoms with Crippen molar-refractivity contribution in [1.29, 1.82) is 0 Å². The molecule has 0 fully saturated rings. The zero-order chi connectivity index (χ0) is 19.8. The Balaban J connectivity index is 3.64.